The van der Waals surface area contributed by atoms with Crippen molar-refractivity contribution in [2.45, 2.75) is 6.42 Å². The van der Waals surface area contributed by atoms with Gasteiger partial charge >= 0.3 is 6.03 Å². The zero-order valence-electron chi connectivity index (χ0n) is 19.9. The normalized spacial score (nSPS) is 16.9. The molecule has 2 fully saturated rings. The largest absolute Gasteiger partial charge is 0.497 e. The van der Waals surface area contributed by atoms with Crippen LogP contribution in [0.4, 0.5) is 16.3 Å². The number of nitrogens with zero attached hydrogens (tertiary/aromatic N) is 4. The van der Waals surface area contributed by atoms with Crippen molar-refractivity contribution >= 4 is 40.0 Å². The van der Waals surface area contributed by atoms with Gasteiger partial charge in [-0.05, 0) is 24.1 Å². The second-order valence-corrected chi connectivity index (χ2v) is 9.24. The highest BCUT2D eigenvalue weighted by atomic mass is 35.5. The van der Waals surface area contributed by atoms with E-state index in [-0.39, 0.29) is 6.03 Å². The number of methoxy groups -OCH3 is 1. The van der Waals surface area contributed by atoms with Crippen LogP contribution in [-0.2, 0) is 4.74 Å². The molecule has 2 amide bonds. The van der Waals surface area contributed by atoms with Gasteiger partial charge in [-0.25, -0.2) is 9.78 Å². The maximum atomic E-state index is 13.0. The first-order valence-corrected chi connectivity index (χ1v) is 12.3. The van der Waals surface area contributed by atoms with Crippen molar-refractivity contribution in [1.29, 1.82) is 0 Å². The predicted octanol–water partition coefficient (Wildman–Crippen LogP) is 4.11. The summed E-state index contributed by atoms with van der Waals surface area (Å²) in [5, 5.41) is 1.49. The molecule has 0 atom stereocenters. The third kappa shape index (κ3) is 4.81. The van der Waals surface area contributed by atoms with Crippen LogP contribution in [0.25, 0.3) is 22.0 Å². The predicted molar refractivity (Wildman–Crippen MR) is 139 cm³/mol. The zero-order valence-corrected chi connectivity index (χ0v) is 20.6. The molecule has 0 saturated carbocycles. The number of urea groups is 1. The highest BCUT2D eigenvalue weighted by Crippen LogP contribution is 2.39. The summed E-state index contributed by atoms with van der Waals surface area (Å²) in [6, 6.07) is 13.6. The number of fused-ring (bicyclic) bond motifs is 1. The number of anilines is 2. The van der Waals surface area contributed by atoms with E-state index in [0.29, 0.717) is 55.9 Å². The van der Waals surface area contributed by atoms with Gasteiger partial charge in [0, 0.05) is 73.1 Å². The topological polar surface area (TPSA) is 84.2 Å². The molecule has 9 heteroatoms. The molecule has 0 bridgehead atoms. The molecule has 3 aromatic rings. The number of carbonyl (C=O) groups excluding carboxylic acids is 1. The van der Waals surface area contributed by atoms with Crippen molar-refractivity contribution in [3.63, 3.8) is 0 Å². The van der Waals surface area contributed by atoms with E-state index in [0.717, 1.165) is 47.4 Å². The molecular formula is C26H30ClN5O3. The van der Waals surface area contributed by atoms with E-state index >= 15 is 0 Å². The van der Waals surface area contributed by atoms with Gasteiger partial charge < -0.3 is 29.9 Å². The van der Waals surface area contributed by atoms with Gasteiger partial charge in [0.15, 0.2) is 0 Å². The fourth-order valence-corrected chi connectivity index (χ4v) is 5.06. The van der Waals surface area contributed by atoms with Crippen LogP contribution in [0.2, 0.25) is 5.02 Å². The Morgan fingerprint density at radius 1 is 1.00 bits per heavy atom. The molecule has 2 aromatic carbocycles. The van der Waals surface area contributed by atoms with Crippen LogP contribution < -0.4 is 15.4 Å². The zero-order chi connectivity index (χ0) is 24.4. The van der Waals surface area contributed by atoms with Crippen LogP contribution in [0.3, 0.4) is 0 Å². The Morgan fingerprint density at radius 3 is 2.54 bits per heavy atom. The molecule has 184 valence electrons. The lowest BCUT2D eigenvalue weighted by atomic mass is 9.98. The van der Waals surface area contributed by atoms with Crippen molar-refractivity contribution < 1.29 is 14.3 Å². The minimum absolute atomic E-state index is 0.0928. The van der Waals surface area contributed by atoms with E-state index in [4.69, 9.17) is 31.8 Å². The molecule has 5 rings (SSSR count). The SMILES string of the molecule is COc1cc(-c2ccccc2Cl)c2c(N)cc(N3CCCN(C(=O)N4CCOCC4)CC3)nc2c1. The maximum Gasteiger partial charge on any atom is 0.320 e. The molecule has 1 aromatic heterocycles. The van der Waals surface area contributed by atoms with Crippen molar-refractivity contribution in [3.05, 3.63) is 47.5 Å². The average molecular weight is 496 g/mol. The molecule has 2 N–H and O–H groups in total. The van der Waals surface area contributed by atoms with E-state index in [9.17, 15) is 4.79 Å². The number of benzene rings is 2. The van der Waals surface area contributed by atoms with Gasteiger partial charge in [0.2, 0.25) is 0 Å². The summed E-state index contributed by atoms with van der Waals surface area (Å²) in [6.07, 6.45) is 0.860. The third-order valence-corrected chi connectivity index (χ3v) is 7.00. The van der Waals surface area contributed by atoms with Crippen molar-refractivity contribution in [2.75, 3.05) is 70.2 Å². The fourth-order valence-electron chi connectivity index (χ4n) is 4.82. The quantitative estimate of drug-likeness (QED) is 0.588. The molecular weight excluding hydrogens is 466 g/mol. The van der Waals surface area contributed by atoms with Crippen molar-refractivity contribution in [2.24, 2.45) is 0 Å². The van der Waals surface area contributed by atoms with E-state index in [1.165, 1.54) is 0 Å². The molecule has 8 nitrogen and oxygen atoms in total. The number of hydrogen-bond acceptors (Lipinski definition) is 6. The highest BCUT2D eigenvalue weighted by Gasteiger charge is 2.26. The molecule has 2 aliphatic rings. The maximum absolute atomic E-state index is 13.0. The Bertz CT molecular complexity index is 1230. The van der Waals surface area contributed by atoms with Gasteiger partial charge in [0.25, 0.3) is 0 Å². The van der Waals surface area contributed by atoms with Crippen LogP contribution in [0.5, 0.6) is 5.75 Å². The molecule has 0 spiro atoms. The second-order valence-electron chi connectivity index (χ2n) is 8.83. The van der Waals surface area contributed by atoms with Crippen LogP contribution in [-0.4, -0.2) is 80.4 Å². The number of rotatable bonds is 3. The second kappa shape index (κ2) is 10.2. The Hall–Kier alpha value is -3.23. The van der Waals surface area contributed by atoms with Gasteiger partial charge in [-0.2, -0.15) is 0 Å². The van der Waals surface area contributed by atoms with E-state index in [2.05, 4.69) is 4.90 Å². The van der Waals surface area contributed by atoms with Gasteiger partial charge in [-0.1, -0.05) is 29.8 Å². The van der Waals surface area contributed by atoms with Crippen LogP contribution >= 0.6 is 11.6 Å². The number of ether oxygens (including phenoxy) is 2. The molecule has 0 unspecified atom stereocenters. The minimum Gasteiger partial charge on any atom is -0.497 e. The number of hydrogen-bond donors (Lipinski definition) is 1. The summed E-state index contributed by atoms with van der Waals surface area (Å²) >= 11 is 6.52. The highest BCUT2D eigenvalue weighted by molar-refractivity contribution is 6.33. The Kier molecular flexibility index (Phi) is 6.83. The lowest BCUT2D eigenvalue weighted by Gasteiger charge is -2.32. The Labute approximate surface area is 210 Å². The van der Waals surface area contributed by atoms with Gasteiger partial charge in [0.05, 0.1) is 25.8 Å². The van der Waals surface area contributed by atoms with Crippen molar-refractivity contribution in [3.8, 4) is 16.9 Å². The number of aromatic nitrogens is 1. The number of carbonyl (C=O) groups is 1. The van der Waals surface area contributed by atoms with Crippen LogP contribution in [0.1, 0.15) is 6.42 Å². The van der Waals surface area contributed by atoms with Crippen LogP contribution in [0.15, 0.2) is 42.5 Å². The Balaban J connectivity index is 1.44. The first-order valence-electron chi connectivity index (χ1n) is 11.9. The smallest absolute Gasteiger partial charge is 0.320 e. The first-order chi connectivity index (χ1) is 17.0. The Morgan fingerprint density at radius 2 is 1.77 bits per heavy atom. The molecule has 0 aliphatic carbocycles. The molecule has 3 heterocycles. The van der Waals surface area contributed by atoms with E-state index < -0.39 is 0 Å². The first kappa shape index (κ1) is 23.5. The third-order valence-electron chi connectivity index (χ3n) is 6.67. The number of halogens is 1. The fraction of sp³-hybridized carbons (Fsp3) is 0.385. The summed E-state index contributed by atoms with van der Waals surface area (Å²) in [5.41, 5.74) is 9.77. The van der Waals surface area contributed by atoms with Gasteiger partial charge in [0.1, 0.15) is 11.6 Å². The lowest BCUT2D eigenvalue weighted by Crippen LogP contribution is -2.49. The molecule has 2 saturated heterocycles. The summed E-state index contributed by atoms with van der Waals surface area (Å²) in [6.45, 7) is 5.35. The van der Waals surface area contributed by atoms with E-state index in [1.54, 1.807) is 7.11 Å². The van der Waals surface area contributed by atoms with Gasteiger partial charge in [-0.15, -0.1) is 0 Å². The summed E-state index contributed by atoms with van der Waals surface area (Å²) in [4.78, 5) is 24.0. The summed E-state index contributed by atoms with van der Waals surface area (Å²) in [7, 11) is 1.64. The van der Waals surface area contributed by atoms with Gasteiger partial charge in [-0.3, -0.25) is 0 Å². The molecule has 2 aliphatic heterocycles. The van der Waals surface area contributed by atoms with Crippen molar-refractivity contribution in [1.82, 2.24) is 14.8 Å². The number of amides is 2. The standard InChI is InChI=1S/C26H30ClN5O3/c1-34-18-15-20(19-5-2-3-6-21(19)27)25-22(28)17-24(29-23(25)16-18)30-7-4-8-31(10-9-30)26(33)32-11-13-35-14-12-32/h2-3,5-6,15-17H,4,7-14H2,1H3,(H2,28,29). The minimum atomic E-state index is 0.0928. The average Bonchev–Trinajstić information content (AvgIpc) is 3.15. The summed E-state index contributed by atoms with van der Waals surface area (Å²) in [5.74, 6) is 1.49. The summed E-state index contributed by atoms with van der Waals surface area (Å²) < 4.78 is 11.0. The number of pyridine rings is 1. The monoisotopic (exact) mass is 495 g/mol. The molecule has 0 radical (unpaired) electrons. The number of nitrogens with two attached hydrogens (primary N) is 1. The molecule has 35 heavy (non-hydrogen) atoms. The number of nitrogen functional groups attached to an aromatic ring is 1. The lowest BCUT2D eigenvalue weighted by molar-refractivity contribution is 0.0438. The van der Waals surface area contributed by atoms with E-state index in [1.807, 2.05) is 52.3 Å². The van der Waals surface area contributed by atoms with Crippen LogP contribution in [0, 0.1) is 0 Å². The number of morpholine rings is 1.